The summed E-state index contributed by atoms with van der Waals surface area (Å²) in [5.41, 5.74) is 1.75. The number of carbonyl (C=O) groups is 1. The molecule has 0 spiro atoms. The number of rotatable bonds is 2. The summed E-state index contributed by atoms with van der Waals surface area (Å²) in [5.74, 6) is -0.939. The summed E-state index contributed by atoms with van der Waals surface area (Å²) in [4.78, 5) is 14.4. The molecule has 116 valence electrons. The van der Waals surface area contributed by atoms with Gasteiger partial charge in [-0.2, -0.15) is 0 Å². The van der Waals surface area contributed by atoms with Crippen molar-refractivity contribution >= 4 is 46.0 Å². The quantitative estimate of drug-likeness (QED) is 0.581. The molecule has 0 atom stereocenters. The third-order valence-corrected chi connectivity index (χ3v) is 4.66. The van der Waals surface area contributed by atoms with Crippen molar-refractivity contribution in [3.05, 3.63) is 70.1 Å². The maximum absolute atomic E-state index is 13.3. The molecule has 0 aliphatic carbocycles. The summed E-state index contributed by atoms with van der Waals surface area (Å²) < 4.78 is 26.7. The first-order valence-electron chi connectivity index (χ1n) is 6.75. The molecule has 2 aromatic carbocycles. The number of carbonyl (C=O) groups excluding carboxylic acids is 1. The Morgan fingerprint density at radius 3 is 2.48 bits per heavy atom. The number of halogens is 2. The van der Waals surface area contributed by atoms with E-state index < -0.39 is 0 Å². The number of nitrogens with zero attached hydrogens (tertiary/aromatic N) is 1. The van der Waals surface area contributed by atoms with E-state index in [9.17, 15) is 13.6 Å². The second-order valence-corrected chi connectivity index (χ2v) is 6.68. The van der Waals surface area contributed by atoms with Gasteiger partial charge in [0.15, 0.2) is 4.32 Å². The minimum Gasteiger partial charge on any atom is -0.268 e. The van der Waals surface area contributed by atoms with E-state index in [-0.39, 0.29) is 17.5 Å². The third kappa shape index (κ3) is 3.18. The molecule has 0 N–H and O–H groups in total. The van der Waals surface area contributed by atoms with Crippen LogP contribution in [-0.2, 0) is 4.79 Å². The van der Waals surface area contributed by atoms with Gasteiger partial charge in [0.05, 0.1) is 10.6 Å². The molecule has 6 heteroatoms. The maximum Gasteiger partial charge on any atom is 0.270 e. The third-order valence-electron chi connectivity index (χ3n) is 3.36. The summed E-state index contributed by atoms with van der Waals surface area (Å²) in [6, 6.07) is 10.2. The first-order chi connectivity index (χ1) is 11.0. The van der Waals surface area contributed by atoms with Crippen LogP contribution in [0.3, 0.4) is 0 Å². The van der Waals surface area contributed by atoms with Crippen molar-refractivity contribution in [1.29, 1.82) is 0 Å². The predicted molar refractivity (Wildman–Crippen MR) is 93.2 cm³/mol. The highest BCUT2D eigenvalue weighted by molar-refractivity contribution is 8.27. The monoisotopic (exact) mass is 347 g/mol. The van der Waals surface area contributed by atoms with E-state index in [1.54, 1.807) is 25.1 Å². The fourth-order valence-electron chi connectivity index (χ4n) is 2.19. The summed E-state index contributed by atoms with van der Waals surface area (Å²) in [6.45, 7) is 1.66. The molecule has 1 amide bonds. The number of aryl methyl sites for hydroxylation is 1. The van der Waals surface area contributed by atoms with Crippen molar-refractivity contribution in [3.8, 4) is 0 Å². The lowest BCUT2D eigenvalue weighted by atomic mass is 10.1. The Bertz CT molecular complexity index is 831. The topological polar surface area (TPSA) is 20.3 Å². The largest absolute Gasteiger partial charge is 0.270 e. The van der Waals surface area contributed by atoms with Crippen LogP contribution in [0.15, 0.2) is 47.4 Å². The number of thioether (sulfide) groups is 1. The lowest BCUT2D eigenvalue weighted by molar-refractivity contribution is -0.113. The molecule has 23 heavy (non-hydrogen) atoms. The van der Waals surface area contributed by atoms with E-state index in [4.69, 9.17) is 12.2 Å². The number of thiocarbonyl (C=S) groups is 1. The van der Waals surface area contributed by atoms with Crippen molar-refractivity contribution in [2.45, 2.75) is 6.92 Å². The number of benzene rings is 2. The molecule has 3 rings (SSSR count). The van der Waals surface area contributed by atoms with Crippen LogP contribution in [0.1, 0.15) is 11.1 Å². The smallest absolute Gasteiger partial charge is 0.268 e. The van der Waals surface area contributed by atoms with Crippen LogP contribution in [0.25, 0.3) is 6.08 Å². The van der Waals surface area contributed by atoms with Crippen LogP contribution in [0, 0.1) is 18.6 Å². The second-order valence-electron chi connectivity index (χ2n) is 5.00. The standard InChI is InChI=1S/C17H11F2NOS2/c1-10-8-11(2-7-14(10)19)9-15-16(21)20(17(22)23-15)13-5-3-12(18)4-6-13/h2-9H,1H3/b15-9+. The number of hydrogen-bond donors (Lipinski definition) is 0. The molecule has 1 aliphatic heterocycles. The highest BCUT2D eigenvalue weighted by atomic mass is 32.2. The first-order valence-corrected chi connectivity index (χ1v) is 7.98. The minimum atomic E-state index is -0.378. The molecule has 1 saturated heterocycles. The van der Waals surface area contributed by atoms with E-state index in [0.29, 0.717) is 20.5 Å². The molecule has 1 aliphatic rings. The molecule has 2 aromatic rings. The predicted octanol–water partition coefficient (Wildman–Crippen LogP) is 4.68. The van der Waals surface area contributed by atoms with Gasteiger partial charge in [-0.05, 0) is 60.5 Å². The van der Waals surface area contributed by atoms with Crippen molar-refractivity contribution in [1.82, 2.24) is 0 Å². The van der Waals surface area contributed by atoms with Crippen LogP contribution in [0.5, 0.6) is 0 Å². The fraction of sp³-hybridized carbons (Fsp3) is 0.0588. The average Bonchev–Trinajstić information content (AvgIpc) is 2.79. The highest BCUT2D eigenvalue weighted by Crippen LogP contribution is 2.36. The van der Waals surface area contributed by atoms with E-state index in [2.05, 4.69) is 0 Å². The van der Waals surface area contributed by atoms with Crippen LogP contribution in [0.4, 0.5) is 14.5 Å². The van der Waals surface area contributed by atoms with Crippen LogP contribution in [0.2, 0.25) is 0 Å². The molecule has 0 aromatic heterocycles. The molecular formula is C17H11F2NOS2. The number of amides is 1. The summed E-state index contributed by atoms with van der Waals surface area (Å²) >= 11 is 6.41. The second kappa shape index (κ2) is 6.22. The Hall–Kier alpha value is -2.05. The Morgan fingerprint density at radius 1 is 1.13 bits per heavy atom. The van der Waals surface area contributed by atoms with Gasteiger partial charge in [0.25, 0.3) is 5.91 Å². The van der Waals surface area contributed by atoms with Gasteiger partial charge in [-0.25, -0.2) is 8.78 Å². The normalized spacial score (nSPS) is 16.5. The minimum absolute atomic E-state index is 0.270. The molecule has 0 unspecified atom stereocenters. The Morgan fingerprint density at radius 2 is 1.83 bits per heavy atom. The molecule has 1 heterocycles. The lowest BCUT2D eigenvalue weighted by Gasteiger charge is -2.14. The van der Waals surface area contributed by atoms with Crippen molar-refractivity contribution < 1.29 is 13.6 Å². The Kier molecular flexibility index (Phi) is 4.28. The number of hydrogen-bond acceptors (Lipinski definition) is 3. The van der Waals surface area contributed by atoms with Crippen molar-refractivity contribution in [3.63, 3.8) is 0 Å². The molecule has 0 radical (unpaired) electrons. The van der Waals surface area contributed by atoms with E-state index in [1.807, 2.05) is 0 Å². The highest BCUT2D eigenvalue weighted by Gasteiger charge is 2.33. The van der Waals surface area contributed by atoms with Gasteiger partial charge in [-0.1, -0.05) is 30.0 Å². The van der Waals surface area contributed by atoms with Crippen LogP contribution < -0.4 is 4.90 Å². The summed E-state index contributed by atoms with van der Waals surface area (Å²) in [5, 5.41) is 0. The van der Waals surface area contributed by atoms with Crippen molar-refractivity contribution in [2.75, 3.05) is 4.90 Å². The molecule has 0 saturated carbocycles. The Balaban J connectivity index is 1.92. The fourth-order valence-corrected chi connectivity index (χ4v) is 3.49. The summed E-state index contributed by atoms with van der Waals surface area (Å²) in [7, 11) is 0. The van der Waals surface area contributed by atoms with Gasteiger partial charge in [0.1, 0.15) is 11.6 Å². The zero-order valence-electron chi connectivity index (χ0n) is 12.0. The van der Waals surface area contributed by atoms with Gasteiger partial charge < -0.3 is 0 Å². The van der Waals surface area contributed by atoms with Gasteiger partial charge in [0.2, 0.25) is 0 Å². The van der Waals surface area contributed by atoms with E-state index >= 15 is 0 Å². The van der Waals surface area contributed by atoms with Crippen LogP contribution >= 0.6 is 24.0 Å². The maximum atomic E-state index is 13.3. The molecular weight excluding hydrogens is 336 g/mol. The van der Waals surface area contributed by atoms with Gasteiger partial charge in [-0.3, -0.25) is 9.69 Å². The zero-order valence-corrected chi connectivity index (χ0v) is 13.7. The molecule has 1 fully saturated rings. The van der Waals surface area contributed by atoms with Crippen LogP contribution in [-0.4, -0.2) is 10.2 Å². The first kappa shape index (κ1) is 15.8. The Labute approximate surface area is 141 Å². The molecule has 2 nitrogen and oxygen atoms in total. The van der Waals surface area contributed by atoms with Gasteiger partial charge >= 0.3 is 0 Å². The van der Waals surface area contributed by atoms with E-state index in [0.717, 1.165) is 5.56 Å². The summed E-state index contributed by atoms with van der Waals surface area (Å²) in [6.07, 6.45) is 1.68. The van der Waals surface area contributed by atoms with E-state index in [1.165, 1.54) is 47.0 Å². The average molecular weight is 347 g/mol. The molecule has 0 bridgehead atoms. The lowest BCUT2D eigenvalue weighted by Crippen LogP contribution is -2.27. The zero-order chi connectivity index (χ0) is 16.6. The van der Waals surface area contributed by atoms with Gasteiger partial charge in [-0.15, -0.1) is 0 Å². The van der Waals surface area contributed by atoms with Gasteiger partial charge in [0, 0.05) is 0 Å². The SMILES string of the molecule is Cc1cc(/C=C2/SC(=S)N(c3ccc(F)cc3)C2=O)ccc1F. The van der Waals surface area contributed by atoms with Crippen molar-refractivity contribution in [2.24, 2.45) is 0 Å². The number of anilines is 1.